The first-order valence-corrected chi connectivity index (χ1v) is 7.42. The minimum Gasteiger partial charge on any atom is -0.346 e. The van der Waals surface area contributed by atoms with Crippen molar-refractivity contribution >= 4 is 28.2 Å². The molecule has 1 aromatic rings. The number of thiazole rings is 1. The Morgan fingerprint density at radius 1 is 1.27 bits per heavy atom. The highest BCUT2D eigenvalue weighted by Gasteiger charge is 2.19. The summed E-state index contributed by atoms with van der Waals surface area (Å²) in [6, 6.07) is 0. The van der Waals surface area contributed by atoms with Crippen molar-refractivity contribution in [2.75, 3.05) is 36.8 Å². The van der Waals surface area contributed by atoms with E-state index in [4.69, 9.17) is 4.98 Å². The Morgan fingerprint density at radius 3 is 2.93 bits per heavy atom. The van der Waals surface area contributed by atoms with Gasteiger partial charge in [-0.3, -0.25) is 0 Å². The Morgan fingerprint density at radius 2 is 2.13 bits per heavy atom. The van der Waals surface area contributed by atoms with Crippen LogP contribution in [-0.4, -0.2) is 36.9 Å². The van der Waals surface area contributed by atoms with Gasteiger partial charge < -0.3 is 10.2 Å². The summed E-state index contributed by atoms with van der Waals surface area (Å²) in [6.07, 6.45) is 1.17. The van der Waals surface area contributed by atoms with Crippen LogP contribution in [0.2, 0.25) is 0 Å². The van der Waals surface area contributed by atoms with Crippen LogP contribution in [-0.2, 0) is 12.2 Å². The number of nitrogens with zero attached hydrogens (tertiary/aromatic N) is 2. The third kappa shape index (κ3) is 2.00. The second-order valence-corrected chi connectivity index (χ2v) is 6.07. The third-order valence-corrected chi connectivity index (χ3v) is 5.20. The van der Waals surface area contributed by atoms with Gasteiger partial charge in [0.25, 0.3) is 0 Å². The van der Waals surface area contributed by atoms with E-state index in [0.29, 0.717) is 0 Å². The Balaban J connectivity index is 1.82. The molecule has 1 saturated heterocycles. The molecule has 2 aliphatic heterocycles. The first kappa shape index (κ1) is 9.93. The lowest BCUT2D eigenvalue weighted by molar-refractivity contribution is 0.588. The van der Waals surface area contributed by atoms with Crippen molar-refractivity contribution in [2.24, 2.45) is 0 Å². The van der Waals surface area contributed by atoms with E-state index in [1.165, 1.54) is 33.6 Å². The van der Waals surface area contributed by atoms with E-state index < -0.39 is 0 Å². The molecule has 2 aliphatic rings. The molecule has 0 aliphatic carbocycles. The number of aryl methyl sites for hydroxylation is 1. The van der Waals surface area contributed by atoms with Crippen molar-refractivity contribution < 1.29 is 0 Å². The van der Waals surface area contributed by atoms with Crippen molar-refractivity contribution in [3.63, 3.8) is 0 Å². The maximum atomic E-state index is 4.78. The van der Waals surface area contributed by atoms with E-state index >= 15 is 0 Å². The molecular formula is C10H15N3S2. The Bertz CT molecular complexity index is 321. The molecule has 1 N–H and O–H groups in total. The normalized spacial score (nSPS) is 21.5. The Hall–Kier alpha value is -0.260. The zero-order chi connectivity index (χ0) is 10.1. The Kier molecular flexibility index (Phi) is 2.86. The number of hydrogen-bond donors (Lipinski definition) is 1. The molecule has 3 heterocycles. The Labute approximate surface area is 98.3 Å². The minimum atomic E-state index is 1.10. The van der Waals surface area contributed by atoms with Gasteiger partial charge in [0, 0.05) is 36.8 Å². The molecule has 3 rings (SSSR count). The number of rotatable bonds is 1. The second-order valence-electron chi connectivity index (χ2n) is 3.91. The van der Waals surface area contributed by atoms with Gasteiger partial charge in [0.1, 0.15) is 0 Å². The van der Waals surface area contributed by atoms with Gasteiger partial charge in [0.15, 0.2) is 5.13 Å². The highest BCUT2D eigenvalue weighted by atomic mass is 32.2. The summed E-state index contributed by atoms with van der Waals surface area (Å²) in [5.41, 5.74) is 1.37. The topological polar surface area (TPSA) is 28.2 Å². The smallest absolute Gasteiger partial charge is 0.185 e. The number of fused-ring (bicyclic) bond motifs is 1. The maximum Gasteiger partial charge on any atom is 0.185 e. The van der Waals surface area contributed by atoms with Crippen LogP contribution in [0.1, 0.15) is 10.6 Å². The van der Waals surface area contributed by atoms with Crippen molar-refractivity contribution in [1.29, 1.82) is 0 Å². The molecule has 5 heteroatoms. The molecule has 82 valence electrons. The number of aromatic nitrogens is 1. The van der Waals surface area contributed by atoms with Gasteiger partial charge in [0.05, 0.1) is 5.69 Å². The zero-order valence-electron chi connectivity index (χ0n) is 8.66. The van der Waals surface area contributed by atoms with Crippen LogP contribution >= 0.6 is 23.1 Å². The minimum absolute atomic E-state index is 1.10. The third-order valence-electron chi connectivity index (χ3n) is 2.87. The van der Waals surface area contributed by atoms with Gasteiger partial charge in [-0.05, 0) is 12.2 Å². The van der Waals surface area contributed by atoms with Gasteiger partial charge in [-0.25, -0.2) is 4.98 Å². The molecular weight excluding hydrogens is 226 g/mol. The number of piperazine rings is 1. The maximum absolute atomic E-state index is 4.78. The fourth-order valence-corrected chi connectivity index (χ4v) is 4.28. The van der Waals surface area contributed by atoms with E-state index in [2.05, 4.69) is 10.2 Å². The summed E-state index contributed by atoms with van der Waals surface area (Å²) >= 11 is 3.95. The lowest BCUT2D eigenvalue weighted by Crippen LogP contribution is -2.43. The molecule has 0 spiro atoms. The van der Waals surface area contributed by atoms with Gasteiger partial charge in [-0.15, -0.1) is 11.3 Å². The van der Waals surface area contributed by atoms with Crippen LogP contribution in [0.25, 0.3) is 0 Å². The fraction of sp³-hybridized carbons (Fsp3) is 0.700. The number of nitrogens with one attached hydrogen (secondary N) is 1. The average Bonchev–Trinajstić information content (AvgIpc) is 2.74. The largest absolute Gasteiger partial charge is 0.346 e. The van der Waals surface area contributed by atoms with Crippen LogP contribution in [0, 0.1) is 0 Å². The van der Waals surface area contributed by atoms with Gasteiger partial charge in [-0.1, -0.05) is 0 Å². The van der Waals surface area contributed by atoms with Gasteiger partial charge >= 0.3 is 0 Å². The van der Waals surface area contributed by atoms with Crippen LogP contribution in [0.3, 0.4) is 0 Å². The molecule has 0 amide bonds. The van der Waals surface area contributed by atoms with Crippen molar-refractivity contribution in [2.45, 2.75) is 12.2 Å². The van der Waals surface area contributed by atoms with E-state index in [1.807, 2.05) is 23.1 Å². The highest BCUT2D eigenvalue weighted by Crippen LogP contribution is 2.33. The van der Waals surface area contributed by atoms with Gasteiger partial charge in [-0.2, -0.15) is 11.8 Å². The molecule has 15 heavy (non-hydrogen) atoms. The summed E-state index contributed by atoms with van der Waals surface area (Å²) < 4.78 is 0. The first-order chi connectivity index (χ1) is 7.43. The average molecular weight is 241 g/mol. The molecule has 0 saturated carbocycles. The molecule has 0 radical (unpaired) electrons. The van der Waals surface area contributed by atoms with E-state index in [0.717, 1.165) is 26.2 Å². The number of hydrogen-bond acceptors (Lipinski definition) is 5. The molecule has 3 nitrogen and oxygen atoms in total. The first-order valence-electron chi connectivity index (χ1n) is 5.45. The summed E-state index contributed by atoms with van der Waals surface area (Å²) in [4.78, 5) is 8.71. The van der Waals surface area contributed by atoms with Crippen molar-refractivity contribution in [1.82, 2.24) is 10.3 Å². The molecule has 0 atom stereocenters. The second kappa shape index (κ2) is 4.31. The SMILES string of the molecule is C1CN(c2nc3c(s2)CSCC3)CCN1. The van der Waals surface area contributed by atoms with Crippen molar-refractivity contribution in [3.05, 3.63) is 10.6 Å². The lowest BCUT2D eigenvalue weighted by Gasteiger charge is -2.26. The predicted molar refractivity (Wildman–Crippen MR) is 67.1 cm³/mol. The molecule has 0 bridgehead atoms. The quantitative estimate of drug-likeness (QED) is 0.803. The fourth-order valence-electron chi connectivity index (χ4n) is 2.00. The van der Waals surface area contributed by atoms with Crippen molar-refractivity contribution in [3.8, 4) is 0 Å². The van der Waals surface area contributed by atoms with Crippen LogP contribution in [0.15, 0.2) is 0 Å². The van der Waals surface area contributed by atoms with Crippen LogP contribution in [0.5, 0.6) is 0 Å². The number of anilines is 1. The van der Waals surface area contributed by atoms with Crippen LogP contribution < -0.4 is 10.2 Å². The summed E-state index contributed by atoms with van der Waals surface area (Å²) in [6.45, 7) is 4.41. The zero-order valence-corrected chi connectivity index (χ0v) is 10.3. The summed E-state index contributed by atoms with van der Waals surface area (Å²) in [5, 5.41) is 4.63. The number of thioether (sulfide) groups is 1. The van der Waals surface area contributed by atoms with E-state index in [1.54, 1.807) is 0 Å². The lowest BCUT2D eigenvalue weighted by atomic mass is 10.3. The predicted octanol–water partition coefficient (Wildman–Crippen LogP) is 1.34. The molecule has 1 aromatic heterocycles. The van der Waals surface area contributed by atoms with Gasteiger partial charge in [0.2, 0.25) is 0 Å². The molecule has 0 unspecified atom stereocenters. The summed E-state index contributed by atoms with van der Waals surface area (Å²) in [5.74, 6) is 2.43. The van der Waals surface area contributed by atoms with E-state index in [-0.39, 0.29) is 0 Å². The van der Waals surface area contributed by atoms with E-state index in [9.17, 15) is 0 Å². The highest BCUT2D eigenvalue weighted by molar-refractivity contribution is 7.98. The standard InChI is InChI=1S/C10H15N3S2/c1-6-14-7-9-8(1)12-10(15-9)13-4-2-11-3-5-13/h11H,1-7H2. The molecule has 0 aromatic carbocycles. The summed E-state index contributed by atoms with van der Waals surface area (Å²) in [7, 11) is 0. The van der Waals surface area contributed by atoms with Crippen LogP contribution in [0.4, 0.5) is 5.13 Å². The molecule has 1 fully saturated rings. The monoisotopic (exact) mass is 241 g/mol.